The van der Waals surface area contributed by atoms with Crippen LogP contribution in [0.2, 0.25) is 0 Å². The van der Waals surface area contributed by atoms with Crippen molar-refractivity contribution in [2.24, 2.45) is 11.3 Å². The van der Waals surface area contributed by atoms with Crippen LogP contribution in [0.3, 0.4) is 0 Å². The highest BCUT2D eigenvalue weighted by molar-refractivity contribution is 9.09. The van der Waals surface area contributed by atoms with Gasteiger partial charge in [-0.15, -0.1) is 0 Å². The van der Waals surface area contributed by atoms with E-state index in [0.717, 1.165) is 6.07 Å². The first-order valence-electron chi connectivity index (χ1n) is 6.01. The predicted molar refractivity (Wildman–Crippen MR) is 73.7 cm³/mol. The van der Waals surface area contributed by atoms with Gasteiger partial charge in [-0.3, -0.25) is 0 Å². The summed E-state index contributed by atoms with van der Waals surface area (Å²) in [6, 6.07) is 5.30. The van der Waals surface area contributed by atoms with Crippen LogP contribution >= 0.6 is 15.9 Å². The van der Waals surface area contributed by atoms with E-state index < -0.39 is 11.7 Å². The Morgan fingerprint density at radius 2 is 1.74 bits per heavy atom. The zero-order chi connectivity index (χ0) is 14.7. The van der Waals surface area contributed by atoms with E-state index in [1.165, 1.54) is 12.1 Å². The van der Waals surface area contributed by atoms with Gasteiger partial charge in [0.2, 0.25) is 0 Å². The standard InChI is InChI=1S/C14H18BrF3O/c1-13(2,3)10(8-15)9-19-12-7-5-4-6-11(12)14(16,17)18/h4-7,10H,8-9H2,1-3H3. The summed E-state index contributed by atoms with van der Waals surface area (Å²) in [4.78, 5) is 0. The van der Waals surface area contributed by atoms with E-state index in [1.807, 2.05) is 20.8 Å². The van der Waals surface area contributed by atoms with Crippen LogP contribution in [-0.4, -0.2) is 11.9 Å². The molecule has 0 heterocycles. The minimum atomic E-state index is -4.39. The summed E-state index contributed by atoms with van der Waals surface area (Å²) >= 11 is 3.38. The van der Waals surface area contributed by atoms with Crippen molar-refractivity contribution in [1.82, 2.24) is 0 Å². The third kappa shape index (κ3) is 4.71. The smallest absolute Gasteiger partial charge is 0.419 e. The molecule has 5 heteroatoms. The summed E-state index contributed by atoms with van der Waals surface area (Å²) in [6.07, 6.45) is -4.39. The van der Waals surface area contributed by atoms with Gasteiger partial charge in [0.05, 0.1) is 12.2 Å². The number of ether oxygens (including phenoxy) is 1. The number of hydrogen-bond donors (Lipinski definition) is 0. The Hall–Kier alpha value is -0.710. The van der Waals surface area contributed by atoms with Gasteiger partial charge in [0, 0.05) is 11.2 Å². The second-order valence-electron chi connectivity index (χ2n) is 5.52. The van der Waals surface area contributed by atoms with E-state index >= 15 is 0 Å². The maximum absolute atomic E-state index is 12.8. The summed E-state index contributed by atoms with van der Waals surface area (Å²) in [5, 5.41) is 0.685. The van der Waals surface area contributed by atoms with Crippen molar-refractivity contribution in [3.8, 4) is 5.75 Å². The normalized spacial score (nSPS) is 14.3. The van der Waals surface area contributed by atoms with Gasteiger partial charge in [-0.1, -0.05) is 48.8 Å². The molecule has 0 amide bonds. The minimum Gasteiger partial charge on any atom is -0.493 e. The Morgan fingerprint density at radius 3 is 2.21 bits per heavy atom. The zero-order valence-electron chi connectivity index (χ0n) is 11.2. The molecule has 19 heavy (non-hydrogen) atoms. The minimum absolute atomic E-state index is 0.0311. The molecule has 1 unspecified atom stereocenters. The van der Waals surface area contributed by atoms with Gasteiger partial charge in [-0.05, 0) is 17.5 Å². The predicted octanol–water partition coefficient (Wildman–Crippen LogP) is 5.14. The average Bonchev–Trinajstić information content (AvgIpc) is 2.27. The highest BCUT2D eigenvalue weighted by Gasteiger charge is 2.34. The molecule has 0 spiro atoms. The third-order valence-corrected chi connectivity index (χ3v) is 3.83. The van der Waals surface area contributed by atoms with Gasteiger partial charge in [0.15, 0.2) is 0 Å². The van der Waals surface area contributed by atoms with Crippen molar-refractivity contribution >= 4 is 15.9 Å². The molecule has 1 nitrogen and oxygen atoms in total. The van der Waals surface area contributed by atoms with E-state index in [-0.39, 0.29) is 23.7 Å². The van der Waals surface area contributed by atoms with Crippen LogP contribution in [0.5, 0.6) is 5.75 Å². The molecular formula is C14H18BrF3O. The average molecular weight is 339 g/mol. The van der Waals surface area contributed by atoms with Gasteiger partial charge in [-0.2, -0.15) is 13.2 Å². The monoisotopic (exact) mass is 338 g/mol. The van der Waals surface area contributed by atoms with Crippen molar-refractivity contribution in [2.75, 3.05) is 11.9 Å². The van der Waals surface area contributed by atoms with Gasteiger partial charge in [0.25, 0.3) is 0 Å². The van der Waals surface area contributed by atoms with E-state index in [0.29, 0.717) is 5.33 Å². The van der Waals surface area contributed by atoms with Gasteiger partial charge >= 0.3 is 6.18 Å². The van der Waals surface area contributed by atoms with E-state index in [2.05, 4.69) is 15.9 Å². The van der Waals surface area contributed by atoms with E-state index in [4.69, 9.17) is 4.74 Å². The first-order chi connectivity index (χ1) is 8.66. The number of hydrogen-bond acceptors (Lipinski definition) is 1. The van der Waals surface area contributed by atoms with Gasteiger partial charge in [-0.25, -0.2) is 0 Å². The Balaban J connectivity index is 2.84. The largest absolute Gasteiger partial charge is 0.493 e. The molecular weight excluding hydrogens is 321 g/mol. The molecule has 1 atom stereocenters. The Morgan fingerprint density at radius 1 is 1.16 bits per heavy atom. The molecule has 0 saturated heterocycles. The van der Waals surface area contributed by atoms with Crippen molar-refractivity contribution in [3.05, 3.63) is 29.8 Å². The molecule has 0 aliphatic heterocycles. The zero-order valence-corrected chi connectivity index (χ0v) is 12.8. The van der Waals surface area contributed by atoms with E-state index in [1.54, 1.807) is 6.07 Å². The Bertz CT molecular complexity index is 410. The maximum Gasteiger partial charge on any atom is 0.419 e. The Kier molecular flexibility index (Phi) is 5.30. The van der Waals surface area contributed by atoms with Crippen LogP contribution in [0.25, 0.3) is 0 Å². The quantitative estimate of drug-likeness (QED) is 0.690. The molecule has 0 bridgehead atoms. The van der Waals surface area contributed by atoms with Gasteiger partial charge in [0.1, 0.15) is 5.75 Å². The van der Waals surface area contributed by atoms with Crippen LogP contribution in [0.1, 0.15) is 26.3 Å². The molecule has 1 aromatic carbocycles. The molecule has 0 aliphatic carbocycles. The molecule has 0 aromatic heterocycles. The fourth-order valence-corrected chi connectivity index (χ4v) is 2.70. The number of rotatable bonds is 4. The summed E-state index contributed by atoms with van der Waals surface area (Å²) < 4.78 is 43.8. The second kappa shape index (κ2) is 6.16. The molecule has 1 rings (SSSR count). The second-order valence-corrected chi connectivity index (χ2v) is 6.17. The van der Waals surface area contributed by atoms with E-state index in [9.17, 15) is 13.2 Å². The SMILES string of the molecule is CC(C)(C)C(CBr)COc1ccccc1C(F)(F)F. The number of alkyl halides is 4. The summed E-state index contributed by atoms with van der Waals surface area (Å²) in [7, 11) is 0. The van der Waals surface area contributed by atoms with Gasteiger partial charge < -0.3 is 4.74 Å². The lowest BCUT2D eigenvalue weighted by molar-refractivity contribution is -0.139. The summed E-state index contributed by atoms with van der Waals surface area (Å²) in [5.41, 5.74) is -0.756. The summed E-state index contributed by atoms with van der Waals surface area (Å²) in [5.74, 6) is 0.0268. The highest BCUT2D eigenvalue weighted by atomic mass is 79.9. The fourth-order valence-electron chi connectivity index (χ4n) is 1.54. The third-order valence-electron chi connectivity index (χ3n) is 3.04. The number of para-hydroxylation sites is 1. The molecule has 1 aromatic rings. The summed E-state index contributed by atoms with van der Waals surface area (Å²) in [6.45, 7) is 6.37. The lowest BCUT2D eigenvalue weighted by Gasteiger charge is -2.29. The van der Waals surface area contributed by atoms with Crippen LogP contribution in [-0.2, 0) is 6.18 Å². The first kappa shape index (κ1) is 16.3. The highest BCUT2D eigenvalue weighted by Crippen LogP contribution is 2.37. The van der Waals surface area contributed by atoms with Crippen molar-refractivity contribution in [3.63, 3.8) is 0 Å². The maximum atomic E-state index is 12.8. The number of benzene rings is 1. The molecule has 0 fully saturated rings. The molecule has 108 valence electrons. The van der Waals surface area contributed by atoms with Crippen LogP contribution in [0.4, 0.5) is 13.2 Å². The Labute approximate surface area is 120 Å². The lowest BCUT2D eigenvalue weighted by atomic mass is 9.83. The molecule has 0 saturated carbocycles. The van der Waals surface area contributed by atoms with Crippen molar-refractivity contribution in [1.29, 1.82) is 0 Å². The number of halogens is 4. The topological polar surface area (TPSA) is 9.23 Å². The van der Waals surface area contributed by atoms with Crippen molar-refractivity contribution in [2.45, 2.75) is 26.9 Å². The van der Waals surface area contributed by atoms with Crippen molar-refractivity contribution < 1.29 is 17.9 Å². The molecule has 0 aliphatic rings. The lowest BCUT2D eigenvalue weighted by Crippen LogP contribution is -2.28. The van der Waals surface area contributed by atoms with Crippen LogP contribution in [0, 0.1) is 11.3 Å². The molecule has 0 N–H and O–H groups in total. The van der Waals surface area contributed by atoms with Crippen LogP contribution < -0.4 is 4.74 Å². The van der Waals surface area contributed by atoms with Crippen LogP contribution in [0.15, 0.2) is 24.3 Å². The molecule has 0 radical (unpaired) electrons. The first-order valence-corrected chi connectivity index (χ1v) is 7.13. The fraction of sp³-hybridized carbons (Fsp3) is 0.571.